The van der Waals surface area contributed by atoms with Gasteiger partial charge in [0.1, 0.15) is 0 Å². The van der Waals surface area contributed by atoms with Crippen molar-refractivity contribution >= 4 is 5.52 Å². The molecule has 0 amide bonds. The molecule has 17 heavy (non-hydrogen) atoms. The molecule has 0 radical (unpaired) electrons. The largest absolute Gasteiger partial charge is 0.335 e. The third-order valence-corrected chi connectivity index (χ3v) is 2.33. The summed E-state index contributed by atoms with van der Waals surface area (Å²) in [6, 6.07) is 6.66. The molecule has 0 spiro atoms. The van der Waals surface area contributed by atoms with E-state index in [0.717, 1.165) is 0 Å². The molecule has 4 nitrogen and oxygen atoms in total. The van der Waals surface area contributed by atoms with E-state index < -0.39 is 0 Å². The highest BCUT2D eigenvalue weighted by molar-refractivity contribution is 5.44. The fraction of sp³-hybridized carbons (Fsp3) is 0.385. The van der Waals surface area contributed by atoms with Crippen molar-refractivity contribution in [3.63, 3.8) is 0 Å². The predicted molar refractivity (Wildman–Crippen MR) is 69.7 cm³/mol. The average Bonchev–Trinajstić information content (AvgIpc) is 2.31. The molecular weight excluding hydrogens is 216 g/mol. The lowest BCUT2D eigenvalue weighted by Crippen LogP contribution is -2.37. The Morgan fingerprint density at radius 3 is 2.35 bits per heavy atom. The maximum absolute atomic E-state index is 11.9. The molecule has 2 heterocycles. The molecule has 0 bridgehead atoms. The first kappa shape index (κ1) is 13.2. The molecule has 0 aliphatic carbocycles. The normalized spacial score (nSPS) is 10.2. The molecule has 0 saturated carbocycles. The van der Waals surface area contributed by atoms with E-state index in [2.05, 4.69) is 0 Å². The second kappa shape index (κ2) is 5.48. The number of nitrogens with zero attached hydrogens (tertiary/aromatic N) is 2. The maximum atomic E-state index is 11.9. The van der Waals surface area contributed by atoms with Crippen molar-refractivity contribution in [2.45, 2.75) is 33.7 Å². The molecule has 0 atom stereocenters. The van der Waals surface area contributed by atoms with Gasteiger partial charge in [0.2, 0.25) is 0 Å². The molecule has 0 unspecified atom stereocenters. The Balaban J connectivity index is 0.000000686. The summed E-state index contributed by atoms with van der Waals surface area (Å²) < 4.78 is 2.72. The number of rotatable bonds is 1. The second-order valence-electron chi connectivity index (χ2n) is 3.72. The van der Waals surface area contributed by atoms with Gasteiger partial charge in [0, 0.05) is 18.3 Å². The third kappa shape index (κ3) is 2.46. The van der Waals surface area contributed by atoms with Crippen molar-refractivity contribution in [3.05, 3.63) is 51.3 Å². The lowest BCUT2D eigenvalue weighted by molar-refractivity contribution is 0.541. The van der Waals surface area contributed by atoms with Crippen LogP contribution in [0.5, 0.6) is 0 Å². The molecule has 0 N–H and O–H groups in total. The molecule has 2 aromatic rings. The Morgan fingerprint density at radius 2 is 1.76 bits per heavy atom. The van der Waals surface area contributed by atoms with Gasteiger partial charge >= 0.3 is 5.69 Å². The molecule has 2 rings (SSSR count). The summed E-state index contributed by atoms with van der Waals surface area (Å²) in [7, 11) is 0. The van der Waals surface area contributed by atoms with Crippen molar-refractivity contribution in [1.82, 2.24) is 8.97 Å². The predicted octanol–water partition coefficient (Wildman–Crippen LogP) is 2.07. The van der Waals surface area contributed by atoms with Gasteiger partial charge in [-0.25, -0.2) is 4.79 Å². The molecule has 0 aliphatic rings. The lowest BCUT2D eigenvalue weighted by atomic mass is 10.3. The molecule has 0 aliphatic heterocycles. The molecule has 0 fully saturated rings. The first-order valence-electron chi connectivity index (χ1n) is 5.84. The van der Waals surface area contributed by atoms with Crippen LogP contribution >= 0.6 is 0 Å². The minimum atomic E-state index is -0.284. The minimum Gasteiger partial charge on any atom is -0.269 e. The van der Waals surface area contributed by atoms with Crippen LogP contribution in [-0.4, -0.2) is 8.97 Å². The fourth-order valence-electron chi connectivity index (χ4n) is 1.63. The van der Waals surface area contributed by atoms with E-state index in [0.29, 0.717) is 5.52 Å². The van der Waals surface area contributed by atoms with Gasteiger partial charge < -0.3 is 0 Å². The SMILES string of the molecule is CC.CC(C)n1c(=O)cc2ccccn2c1=O. The van der Waals surface area contributed by atoms with Gasteiger partial charge in [-0.3, -0.25) is 13.8 Å². The topological polar surface area (TPSA) is 43.5 Å². The van der Waals surface area contributed by atoms with E-state index >= 15 is 0 Å². The van der Waals surface area contributed by atoms with Crippen LogP contribution in [0.1, 0.15) is 33.7 Å². The second-order valence-corrected chi connectivity index (χ2v) is 3.72. The quantitative estimate of drug-likeness (QED) is 0.758. The van der Waals surface area contributed by atoms with Crippen molar-refractivity contribution in [1.29, 1.82) is 0 Å². The van der Waals surface area contributed by atoms with Gasteiger partial charge in [-0.1, -0.05) is 19.9 Å². The van der Waals surface area contributed by atoms with Gasteiger partial charge in [-0.05, 0) is 26.0 Å². The summed E-state index contributed by atoms with van der Waals surface area (Å²) in [6.07, 6.45) is 1.66. The van der Waals surface area contributed by atoms with Crippen LogP contribution in [0.25, 0.3) is 5.52 Å². The van der Waals surface area contributed by atoms with Crippen molar-refractivity contribution in [3.8, 4) is 0 Å². The molecule has 4 heteroatoms. The van der Waals surface area contributed by atoms with E-state index in [4.69, 9.17) is 0 Å². The monoisotopic (exact) mass is 234 g/mol. The summed E-state index contributed by atoms with van der Waals surface area (Å²) in [5, 5.41) is 0. The standard InChI is InChI=1S/C11H12N2O2.C2H6/c1-8(2)13-10(14)7-9-5-3-4-6-12(9)11(13)15;1-2/h3-8H,1-2H3;1-2H3. The Bertz CT molecular complexity index is 609. The maximum Gasteiger partial charge on any atom is 0.335 e. The minimum absolute atomic E-state index is 0.123. The van der Waals surface area contributed by atoms with Crippen molar-refractivity contribution in [2.75, 3.05) is 0 Å². The number of hydrogen-bond donors (Lipinski definition) is 0. The fourth-order valence-corrected chi connectivity index (χ4v) is 1.63. The summed E-state index contributed by atoms with van der Waals surface area (Å²) in [4.78, 5) is 23.6. The Labute approximate surface area is 100 Å². The van der Waals surface area contributed by atoms with Gasteiger partial charge in [0.05, 0.1) is 5.52 Å². The lowest BCUT2D eigenvalue weighted by Gasteiger charge is -2.09. The van der Waals surface area contributed by atoms with Crippen LogP contribution in [0, 0.1) is 0 Å². The van der Waals surface area contributed by atoms with Gasteiger partial charge in [-0.2, -0.15) is 0 Å². The summed E-state index contributed by atoms with van der Waals surface area (Å²) in [5.41, 5.74) is 0.0960. The molecule has 0 aromatic carbocycles. The third-order valence-electron chi connectivity index (χ3n) is 2.33. The van der Waals surface area contributed by atoms with Crippen LogP contribution in [-0.2, 0) is 0 Å². The highest BCUT2D eigenvalue weighted by Crippen LogP contribution is 1.99. The smallest absolute Gasteiger partial charge is 0.269 e. The van der Waals surface area contributed by atoms with E-state index in [9.17, 15) is 9.59 Å². The van der Waals surface area contributed by atoms with E-state index in [1.165, 1.54) is 15.0 Å². The first-order chi connectivity index (χ1) is 8.11. The molecule has 0 saturated heterocycles. The van der Waals surface area contributed by atoms with Crippen LogP contribution in [0.4, 0.5) is 0 Å². The highest BCUT2D eigenvalue weighted by atomic mass is 16.2. The van der Waals surface area contributed by atoms with Crippen molar-refractivity contribution < 1.29 is 0 Å². The summed E-state index contributed by atoms with van der Waals surface area (Å²) in [6.45, 7) is 7.64. The van der Waals surface area contributed by atoms with E-state index in [1.807, 2.05) is 27.7 Å². The highest BCUT2D eigenvalue weighted by Gasteiger charge is 2.07. The van der Waals surface area contributed by atoms with Crippen molar-refractivity contribution in [2.24, 2.45) is 0 Å². The first-order valence-corrected chi connectivity index (χ1v) is 5.84. The summed E-state index contributed by atoms with van der Waals surface area (Å²) >= 11 is 0. The Morgan fingerprint density at radius 1 is 1.12 bits per heavy atom. The number of fused-ring (bicyclic) bond motifs is 1. The Kier molecular flexibility index (Phi) is 4.26. The van der Waals surface area contributed by atoms with Crippen LogP contribution in [0.2, 0.25) is 0 Å². The van der Waals surface area contributed by atoms with Crippen LogP contribution in [0.3, 0.4) is 0 Å². The average molecular weight is 234 g/mol. The summed E-state index contributed by atoms with van der Waals surface area (Å²) in [5.74, 6) is 0. The van der Waals surface area contributed by atoms with Crippen LogP contribution in [0.15, 0.2) is 40.1 Å². The number of hydrogen-bond acceptors (Lipinski definition) is 2. The van der Waals surface area contributed by atoms with Gasteiger partial charge in [-0.15, -0.1) is 0 Å². The van der Waals surface area contributed by atoms with Crippen LogP contribution < -0.4 is 11.2 Å². The Hall–Kier alpha value is -1.84. The zero-order valence-electron chi connectivity index (χ0n) is 10.7. The number of pyridine rings is 1. The molecule has 2 aromatic heterocycles. The van der Waals surface area contributed by atoms with Gasteiger partial charge in [0.25, 0.3) is 5.56 Å². The molecular formula is C13H18N2O2. The zero-order chi connectivity index (χ0) is 13.0. The van der Waals surface area contributed by atoms with E-state index in [1.54, 1.807) is 24.4 Å². The zero-order valence-corrected chi connectivity index (χ0v) is 10.7. The van der Waals surface area contributed by atoms with E-state index in [-0.39, 0.29) is 17.3 Å². The number of aromatic nitrogens is 2. The molecule has 92 valence electrons. The van der Waals surface area contributed by atoms with Gasteiger partial charge in [0.15, 0.2) is 0 Å².